The van der Waals surface area contributed by atoms with Gasteiger partial charge in [-0.15, -0.1) is 0 Å². The Balaban J connectivity index is 0.000000259. The van der Waals surface area contributed by atoms with E-state index in [4.69, 9.17) is 4.74 Å². The molecule has 2 fully saturated rings. The van der Waals surface area contributed by atoms with Gasteiger partial charge in [0.05, 0.1) is 19.8 Å². The lowest BCUT2D eigenvalue weighted by molar-refractivity contribution is -0.147. The molecule has 0 aromatic heterocycles. The lowest BCUT2D eigenvalue weighted by atomic mass is 9.78. The normalized spacial score (nSPS) is 23.0. The second kappa shape index (κ2) is 15.1. The fourth-order valence-corrected chi connectivity index (χ4v) is 7.59. The summed E-state index contributed by atoms with van der Waals surface area (Å²) in [4.78, 5) is 26.7. The highest BCUT2D eigenvalue weighted by molar-refractivity contribution is 5.84. The first kappa shape index (κ1) is 32.8. The number of nitrogens with one attached hydrogen (secondary N) is 3. The number of esters is 2. The number of benzene rings is 3. The van der Waals surface area contributed by atoms with E-state index in [1.54, 1.807) is 0 Å². The molecule has 240 valence electrons. The first-order valence-electron chi connectivity index (χ1n) is 16.2. The van der Waals surface area contributed by atoms with E-state index in [9.17, 15) is 9.59 Å². The van der Waals surface area contributed by atoms with Crippen LogP contribution in [-0.2, 0) is 24.6 Å². The molecule has 3 aliphatic rings. The van der Waals surface area contributed by atoms with E-state index in [-0.39, 0.29) is 24.0 Å². The Morgan fingerprint density at radius 2 is 1.33 bits per heavy atom. The number of hydrogen-bond acceptors (Lipinski definition) is 8. The number of fused-ring (bicyclic) bond motifs is 3. The molecule has 0 saturated carbocycles. The molecular formula is C37H48N4O4. The van der Waals surface area contributed by atoms with E-state index < -0.39 is 5.54 Å². The summed E-state index contributed by atoms with van der Waals surface area (Å²) in [6.45, 7) is 3.73. The van der Waals surface area contributed by atoms with Crippen molar-refractivity contribution in [3.63, 3.8) is 0 Å². The number of methoxy groups -OCH3 is 2. The van der Waals surface area contributed by atoms with Gasteiger partial charge in [-0.2, -0.15) is 0 Å². The van der Waals surface area contributed by atoms with Crippen LogP contribution in [0.15, 0.2) is 78.9 Å². The van der Waals surface area contributed by atoms with Crippen molar-refractivity contribution in [2.45, 2.75) is 43.3 Å². The Kier molecular flexibility index (Phi) is 11.0. The van der Waals surface area contributed by atoms with Crippen molar-refractivity contribution in [3.05, 3.63) is 95.6 Å². The number of carbonyl (C=O) groups excluding carboxylic acids is 2. The van der Waals surface area contributed by atoms with Gasteiger partial charge in [0, 0.05) is 6.54 Å². The van der Waals surface area contributed by atoms with Gasteiger partial charge in [0.1, 0.15) is 12.1 Å². The molecule has 3 aromatic carbocycles. The highest BCUT2D eigenvalue weighted by Gasteiger charge is 2.55. The predicted octanol–water partition coefficient (Wildman–Crippen LogP) is 4.18. The third-order valence-corrected chi connectivity index (χ3v) is 9.72. The quantitative estimate of drug-likeness (QED) is 0.294. The smallest absolute Gasteiger partial charge is 0.323 e. The van der Waals surface area contributed by atoms with Gasteiger partial charge < -0.3 is 25.4 Å². The van der Waals surface area contributed by atoms with Crippen LogP contribution in [0, 0.1) is 11.8 Å². The van der Waals surface area contributed by atoms with E-state index in [0.717, 1.165) is 51.9 Å². The number of likely N-dealkylation sites (tertiary alicyclic amines) is 1. The average Bonchev–Trinajstić information content (AvgIpc) is 3.82. The van der Waals surface area contributed by atoms with E-state index in [2.05, 4.69) is 104 Å². The summed E-state index contributed by atoms with van der Waals surface area (Å²) in [5.41, 5.74) is 5.65. The number of nitrogens with zero attached hydrogens (tertiary/aromatic N) is 1. The molecule has 6 rings (SSSR count). The molecule has 0 amide bonds. The van der Waals surface area contributed by atoms with Gasteiger partial charge in [0.15, 0.2) is 0 Å². The summed E-state index contributed by atoms with van der Waals surface area (Å²) in [5.74, 6) is 0.754. The van der Waals surface area contributed by atoms with Gasteiger partial charge in [-0.25, -0.2) is 0 Å². The average molecular weight is 613 g/mol. The third kappa shape index (κ3) is 6.56. The summed E-state index contributed by atoms with van der Waals surface area (Å²) in [6.07, 6.45) is 3.88. The largest absolute Gasteiger partial charge is 0.468 e. The summed E-state index contributed by atoms with van der Waals surface area (Å²) in [5, 5.41) is 9.55. The van der Waals surface area contributed by atoms with Gasteiger partial charge >= 0.3 is 11.9 Å². The zero-order chi connectivity index (χ0) is 31.8. The van der Waals surface area contributed by atoms with Crippen molar-refractivity contribution in [2.75, 3.05) is 54.5 Å². The molecule has 3 N–H and O–H groups in total. The molecule has 3 aromatic rings. The van der Waals surface area contributed by atoms with Crippen molar-refractivity contribution in [1.29, 1.82) is 0 Å². The van der Waals surface area contributed by atoms with Crippen LogP contribution in [0.2, 0.25) is 0 Å². The van der Waals surface area contributed by atoms with Gasteiger partial charge in [0.25, 0.3) is 0 Å². The maximum Gasteiger partial charge on any atom is 0.323 e. The van der Waals surface area contributed by atoms with E-state index in [0.29, 0.717) is 11.8 Å². The third-order valence-electron chi connectivity index (χ3n) is 9.72. The lowest BCUT2D eigenvalue weighted by Gasteiger charge is -2.44. The van der Waals surface area contributed by atoms with Gasteiger partial charge in [-0.05, 0) is 99.1 Å². The maximum absolute atomic E-state index is 13.1. The Hall–Kier alpha value is -3.56. The van der Waals surface area contributed by atoms with Crippen LogP contribution in [-0.4, -0.2) is 83.4 Å². The molecule has 1 aliphatic carbocycles. The standard InChI is InChI=1S/C28H30N2O2.C9H18N2O2/c1-29-17-16-20-18-26(27(31)32-2)30(19-20)28(21-10-4-3-5-11-21)24-14-8-6-12-22(24)23-13-7-9-15-25(23)28;1-10-4-3-7-5-8(11-6-7)9(12)13-2/h3-15,20,26,29H,16-19H2,1-2H3;7-8,10-11H,3-6H2,1-2H3. The van der Waals surface area contributed by atoms with Gasteiger partial charge in [0.2, 0.25) is 0 Å². The molecule has 2 heterocycles. The summed E-state index contributed by atoms with van der Waals surface area (Å²) in [7, 11) is 6.87. The Labute approximate surface area is 267 Å². The number of hydrogen-bond donors (Lipinski definition) is 3. The van der Waals surface area contributed by atoms with Crippen molar-refractivity contribution >= 4 is 11.9 Å². The second-order valence-corrected chi connectivity index (χ2v) is 12.3. The highest BCUT2D eigenvalue weighted by atomic mass is 16.5. The lowest BCUT2D eigenvalue weighted by Crippen LogP contribution is -2.52. The molecule has 4 unspecified atom stereocenters. The van der Waals surface area contributed by atoms with Gasteiger partial charge in [-0.1, -0.05) is 78.9 Å². The second-order valence-electron chi connectivity index (χ2n) is 12.3. The first-order valence-corrected chi connectivity index (χ1v) is 16.2. The molecule has 0 spiro atoms. The van der Waals surface area contributed by atoms with Crippen molar-refractivity contribution < 1.29 is 19.1 Å². The Morgan fingerprint density at radius 3 is 1.91 bits per heavy atom. The predicted molar refractivity (Wildman–Crippen MR) is 178 cm³/mol. The number of rotatable bonds is 10. The molecule has 0 bridgehead atoms. The summed E-state index contributed by atoms with van der Waals surface area (Å²) < 4.78 is 10.0. The summed E-state index contributed by atoms with van der Waals surface area (Å²) >= 11 is 0. The molecule has 0 radical (unpaired) electrons. The number of ether oxygens (including phenoxy) is 2. The minimum atomic E-state index is -0.526. The molecule has 4 atom stereocenters. The van der Waals surface area contributed by atoms with Crippen LogP contribution in [0.1, 0.15) is 42.4 Å². The van der Waals surface area contributed by atoms with Crippen molar-refractivity contribution in [2.24, 2.45) is 11.8 Å². The molecule has 45 heavy (non-hydrogen) atoms. The van der Waals surface area contributed by atoms with Crippen LogP contribution in [0.3, 0.4) is 0 Å². The summed E-state index contributed by atoms with van der Waals surface area (Å²) in [6, 6.07) is 27.6. The van der Waals surface area contributed by atoms with Crippen LogP contribution in [0.25, 0.3) is 11.1 Å². The minimum Gasteiger partial charge on any atom is -0.468 e. The molecule has 8 heteroatoms. The van der Waals surface area contributed by atoms with Crippen molar-refractivity contribution in [1.82, 2.24) is 20.9 Å². The zero-order valence-corrected chi connectivity index (χ0v) is 27.1. The minimum absolute atomic E-state index is 0.0770. The monoisotopic (exact) mass is 612 g/mol. The zero-order valence-electron chi connectivity index (χ0n) is 27.1. The Bertz CT molecular complexity index is 1390. The van der Waals surface area contributed by atoms with Crippen LogP contribution < -0.4 is 16.0 Å². The van der Waals surface area contributed by atoms with Crippen molar-refractivity contribution in [3.8, 4) is 11.1 Å². The molecule has 2 saturated heterocycles. The topological polar surface area (TPSA) is 91.9 Å². The van der Waals surface area contributed by atoms with Gasteiger partial charge in [-0.3, -0.25) is 14.5 Å². The van der Waals surface area contributed by atoms with E-state index >= 15 is 0 Å². The SMILES string of the molecule is CNCCC1CC(C(=O)OC)N(C2(c3ccccc3)c3ccccc3-c3ccccc32)C1.CNCCC1CNC(C(=O)OC)C1. The molecular weight excluding hydrogens is 564 g/mol. The van der Waals surface area contributed by atoms with E-state index in [1.165, 1.54) is 42.0 Å². The maximum atomic E-state index is 13.1. The highest BCUT2D eigenvalue weighted by Crippen LogP contribution is 2.56. The number of carbonyl (C=O) groups is 2. The Morgan fingerprint density at radius 1 is 0.778 bits per heavy atom. The molecule has 2 aliphatic heterocycles. The van der Waals surface area contributed by atoms with Crippen LogP contribution in [0.5, 0.6) is 0 Å². The fraction of sp³-hybridized carbons (Fsp3) is 0.459. The van der Waals surface area contributed by atoms with E-state index in [1.807, 2.05) is 14.1 Å². The first-order chi connectivity index (χ1) is 22.0. The molecule has 8 nitrogen and oxygen atoms in total. The van der Waals surface area contributed by atoms with Crippen LogP contribution in [0.4, 0.5) is 0 Å². The van der Waals surface area contributed by atoms with Crippen LogP contribution >= 0.6 is 0 Å². The fourth-order valence-electron chi connectivity index (χ4n) is 7.59.